The molecular weight excluding hydrogens is 330 g/mol. The van der Waals surface area contributed by atoms with Crippen LogP contribution in [0.5, 0.6) is 0 Å². The van der Waals surface area contributed by atoms with Gasteiger partial charge in [-0.3, -0.25) is 9.59 Å². The molecule has 1 atom stereocenters. The summed E-state index contributed by atoms with van der Waals surface area (Å²) in [6.07, 6.45) is 3.04. The summed E-state index contributed by atoms with van der Waals surface area (Å²) in [6.45, 7) is 3.34. The molecule has 3 heterocycles. The van der Waals surface area contributed by atoms with Crippen LogP contribution in [-0.4, -0.2) is 41.6 Å². The summed E-state index contributed by atoms with van der Waals surface area (Å²) < 4.78 is 0. The molecule has 0 radical (unpaired) electrons. The number of anilines is 2. The van der Waals surface area contributed by atoms with Gasteiger partial charge in [0.05, 0.1) is 11.0 Å². The fourth-order valence-electron chi connectivity index (χ4n) is 3.83. The van der Waals surface area contributed by atoms with Gasteiger partial charge in [0, 0.05) is 31.5 Å². The Bertz CT molecular complexity index is 882. The first-order valence-corrected chi connectivity index (χ1v) is 8.83. The smallest absolute Gasteiger partial charge is 0.311 e. The van der Waals surface area contributed by atoms with E-state index in [0.717, 1.165) is 12.1 Å². The highest BCUT2D eigenvalue weighted by molar-refractivity contribution is 6.10. The third kappa shape index (κ3) is 2.62. The van der Waals surface area contributed by atoms with Crippen LogP contribution >= 0.6 is 0 Å². The molecule has 0 bridgehead atoms. The van der Waals surface area contributed by atoms with Crippen molar-refractivity contribution in [2.45, 2.75) is 19.8 Å². The number of fused-ring (bicyclic) bond motifs is 1. The molecule has 1 N–H and O–H groups in total. The Morgan fingerprint density at radius 1 is 1.15 bits per heavy atom. The minimum absolute atomic E-state index is 0.0815. The zero-order valence-corrected chi connectivity index (χ0v) is 14.7. The minimum Gasteiger partial charge on any atom is -0.481 e. The highest BCUT2D eigenvalue weighted by atomic mass is 16.4. The number of carboxylic acids is 1. The lowest BCUT2D eigenvalue weighted by atomic mass is 9.90. The van der Waals surface area contributed by atoms with Crippen LogP contribution in [0.1, 0.15) is 29.3 Å². The van der Waals surface area contributed by atoms with Crippen LogP contribution in [0.3, 0.4) is 0 Å². The molecule has 6 nitrogen and oxygen atoms in total. The maximum absolute atomic E-state index is 13.2. The Labute approximate surface area is 152 Å². The normalized spacial score (nSPS) is 21.7. The van der Waals surface area contributed by atoms with E-state index in [0.29, 0.717) is 37.4 Å². The van der Waals surface area contributed by atoms with Crippen LogP contribution in [0, 0.1) is 5.41 Å². The number of aromatic nitrogens is 1. The van der Waals surface area contributed by atoms with Crippen molar-refractivity contribution in [3.63, 3.8) is 0 Å². The van der Waals surface area contributed by atoms with Gasteiger partial charge in [-0.15, -0.1) is 0 Å². The number of nitrogens with zero attached hydrogens (tertiary/aromatic N) is 3. The van der Waals surface area contributed by atoms with E-state index in [1.165, 1.54) is 5.56 Å². The van der Waals surface area contributed by atoms with Crippen LogP contribution in [0.2, 0.25) is 0 Å². The number of hydrogen-bond acceptors (Lipinski definition) is 4. The van der Waals surface area contributed by atoms with Gasteiger partial charge in [-0.2, -0.15) is 0 Å². The monoisotopic (exact) mass is 351 g/mol. The Hall–Kier alpha value is -2.89. The second kappa shape index (κ2) is 6.12. The standard InChI is InChI=1S/C20H21N3O3/c1-20(19(25)26)9-12-22(13-20)17-15(6-4-10-21-17)18(24)23-11-8-14-5-2-3-7-16(14)23/h2-7,10H,8-9,11-13H2,1H3,(H,25,26). The van der Waals surface area contributed by atoms with E-state index in [1.54, 1.807) is 30.2 Å². The van der Waals surface area contributed by atoms with Crippen molar-refractivity contribution < 1.29 is 14.7 Å². The largest absolute Gasteiger partial charge is 0.481 e. The third-order valence-electron chi connectivity index (χ3n) is 5.44. The molecule has 2 aromatic rings. The topological polar surface area (TPSA) is 73.7 Å². The second-order valence-corrected chi connectivity index (χ2v) is 7.25. The molecule has 26 heavy (non-hydrogen) atoms. The van der Waals surface area contributed by atoms with Crippen molar-refractivity contribution in [2.75, 3.05) is 29.4 Å². The van der Waals surface area contributed by atoms with E-state index in [1.807, 2.05) is 29.2 Å². The Morgan fingerprint density at radius 2 is 1.96 bits per heavy atom. The predicted octanol–water partition coefficient (Wildman–Crippen LogP) is 2.59. The maximum atomic E-state index is 13.2. The lowest BCUT2D eigenvalue weighted by molar-refractivity contribution is -0.146. The van der Waals surface area contributed by atoms with Gasteiger partial charge in [-0.05, 0) is 43.5 Å². The summed E-state index contributed by atoms with van der Waals surface area (Å²) in [5.74, 6) is -0.314. The van der Waals surface area contributed by atoms with Gasteiger partial charge in [0.25, 0.3) is 5.91 Å². The van der Waals surface area contributed by atoms with Crippen LogP contribution in [0.15, 0.2) is 42.6 Å². The Balaban J connectivity index is 1.65. The van der Waals surface area contributed by atoms with E-state index >= 15 is 0 Å². The molecule has 134 valence electrons. The van der Waals surface area contributed by atoms with Crippen molar-refractivity contribution >= 4 is 23.4 Å². The number of carbonyl (C=O) groups excluding carboxylic acids is 1. The third-order valence-corrected chi connectivity index (χ3v) is 5.44. The second-order valence-electron chi connectivity index (χ2n) is 7.25. The van der Waals surface area contributed by atoms with Gasteiger partial charge in [-0.25, -0.2) is 4.98 Å². The molecule has 0 aliphatic carbocycles. The maximum Gasteiger partial charge on any atom is 0.311 e. The van der Waals surface area contributed by atoms with E-state index in [-0.39, 0.29) is 5.91 Å². The number of aliphatic carboxylic acids is 1. The van der Waals surface area contributed by atoms with E-state index < -0.39 is 11.4 Å². The molecule has 0 spiro atoms. The molecule has 2 aliphatic rings. The quantitative estimate of drug-likeness (QED) is 0.920. The summed E-state index contributed by atoms with van der Waals surface area (Å²) in [7, 11) is 0. The summed E-state index contributed by atoms with van der Waals surface area (Å²) in [5.41, 5.74) is 1.84. The van der Waals surface area contributed by atoms with Gasteiger partial charge in [0.1, 0.15) is 5.82 Å². The number of carboxylic acid groups (broad SMARTS) is 1. The summed E-state index contributed by atoms with van der Waals surface area (Å²) in [5, 5.41) is 9.48. The van der Waals surface area contributed by atoms with Gasteiger partial charge in [-0.1, -0.05) is 18.2 Å². The van der Waals surface area contributed by atoms with Crippen molar-refractivity contribution in [3.8, 4) is 0 Å². The molecule has 1 aromatic heterocycles. The summed E-state index contributed by atoms with van der Waals surface area (Å²) >= 11 is 0. The van der Waals surface area contributed by atoms with Crippen LogP contribution in [0.25, 0.3) is 0 Å². The molecule has 1 aromatic carbocycles. The van der Waals surface area contributed by atoms with E-state index in [2.05, 4.69) is 4.98 Å². The average molecular weight is 351 g/mol. The highest BCUT2D eigenvalue weighted by Gasteiger charge is 2.42. The molecule has 4 rings (SSSR count). The zero-order chi connectivity index (χ0) is 18.3. The molecule has 6 heteroatoms. The van der Waals surface area contributed by atoms with Crippen molar-refractivity contribution in [3.05, 3.63) is 53.7 Å². The molecule has 1 fully saturated rings. The van der Waals surface area contributed by atoms with E-state index in [4.69, 9.17) is 0 Å². The van der Waals surface area contributed by atoms with Gasteiger partial charge < -0.3 is 14.9 Å². The number of amides is 1. The summed E-state index contributed by atoms with van der Waals surface area (Å²) in [6, 6.07) is 11.5. The number of hydrogen-bond donors (Lipinski definition) is 1. The fraction of sp³-hybridized carbons (Fsp3) is 0.350. The van der Waals surface area contributed by atoms with Crippen molar-refractivity contribution in [2.24, 2.45) is 5.41 Å². The number of carbonyl (C=O) groups is 2. The average Bonchev–Trinajstić information content (AvgIpc) is 3.26. The molecule has 0 saturated carbocycles. The van der Waals surface area contributed by atoms with Gasteiger partial charge in [0.15, 0.2) is 0 Å². The SMILES string of the molecule is CC1(C(=O)O)CCN(c2ncccc2C(=O)N2CCc3ccccc32)C1. The van der Waals surface area contributed by atoms with Gasteiger partial charge >= 0.3 is 5.97 Å². The van der Waals surface area contributed by atoms with Crippen LogP contribution in [-0.2, 0) is 11.2 Å². The van der Waals surface area contributed by atoms with Crippen molar-refractivity contribution in [1.29, 1.82) is 0 Å². The first kappa shape index (κ1) is 16.6. The zero-order valence-electron chi connectivity index (χ0n) is 14.7. The number of benzene rings is 1. The number of pyridine rings is 1. The van der Waals surface area contributed by atoms with Gasteiger partial charge in [0.2, 0.25) is 0 Å². The minimum atomic E-state index is -0.808. The number of rotatable bonds is 3. The Morgan fingerprint density at radius 3 is 2.73 bits per heavy atom. The van der Waals surface area contributed by atoms with E-state index in [9.17, 15) is 14.7 Å². The molecular formula is C20H21N3O3. The lowest BCUT2D eigenvalue weighted by Crippen LogP contribution is -2.34. The number of para-hydroxylation sites is 1. The van der Waals surface area contributed by atoms with Crippen LogP contribution < -0.4 is 9.80 Å². The first-order chi connectivity index (χ1) is 12.5. The molecule has 1 amide bonds. The fourth-order valence-corrected chi connectivity index (χ4v) is 3.83. The van der Waals surface area contributed by atoms with Crippen LogP contribution in [0.4, 0.5) is 11.5 Å². The summed E-state index contributed by atoms with van der Waals surface area (Å²) in [4.78, 5) is 32.9. The van der Waals surface area contributed by atoms with Crippen molar-refractivity contribution in [1.82, 2.24) is 4.98 Å². The molecule has 2 aliphatic heterocycles. The molecule has 1 saturated heterocycles. The predicted molar refractivity (Wildman–Crippen MR) is 98.6 cm³/mol. The first-order valence-electron chi connectivity index (χ1n) is 8.83. The molecule has 1 unspecified atom stereocenters. The lowest BCUT2D eigenvalue weighted by Gasteiger charge is -2.24. The Kier molecular flexibility index (Phi) is 3.90. The highest BCUT2D eigenvalue weighted by Crippen LogP contribution is 2.35.